The predicted octanol–water partition coefficient (Wildman–Crippen LogP) is 6.40. The minimum absolute atomic E-state index is 0.245. The maximum absolute atomic E-state index is 13.0. The number of fused-ring (bicyclic) bond motifs is 1. The van der Waals surface area contributed by atoms with Crippen LogP contribution in [0.3, 0.4) is 0 Å². The highest BCUT2D eigenvalue weighted by atomic mass is 16.5. The van der Waals surface area contributed by atoms with Crippen LogP contribution in [0.2, 0.25) is 0 Å². The molecule has 0 bridgehead atoms. The lowest BCUT2D eigenvalue weighted by Crippen LogP contribution is -2.47. The molecule has 0 aliphatic carbocycles. The van der Waals surface area contributed by atoms with Crippen LogP contribution in [-0.2, 0) is 9.53 Å². The second kappa shape index (κ2) is 11.1. The lowest BCUT2D eigenvalue weighted by molar-refractivity contribution is -0.110. The molecule has 3 aromatic carbocycles. The van der Waals surface area contributed by atoms with Crippen molar-refractivity contribution in [2.75, 3.05) is 17.3 Å². The molecule has 1 unspecified atom stereocenters. The van der Waals surface area contributed by atoms with Crippen molar-refractivity contribution in [1.29, 1.82) is 0 Å². The third-order valence-electron chi connectivity index (χ3n) is 6.92. The van der Waals surface area contributed by atoms with Crippen molar-refractivity contribution in [2.45, 2.75) is 38.3 Å². The van der Waals surface area contributed by atoms with Crippen molar-refractivity contribution in [1.82, 2.24) is 4.98 Å². The van der Waals surface area contributed by atoms with Crippen molar-refractivity contribution < 1.29 is 14.3 Å². The predicted molar refractivity (Wildman–Crippen MR) is 144 cm³/mol. The first-order valence-electron chi connectivity index (χ1n) is 12.2. The van der Waals surface area contributed by atoms with Crippen LogP contribution >= 0.6 is 0 Å². The zero-order chi connectivity index (χ0) is 25.5. The topological polar surface area (TPSA) is 71.5 Å². The Morgan fingerprint density at radius 1 is 0.972 bits per heavy atom. The number of pyridine rings is 1. The molecule has 1 atom stereocenters. The fraction of sp³-hybridized carbons (Fsp3) is 0.233. The Hall–Kier alpha value is -4.03. The van der Waals surface area contributed by atoms with E-state index in [0.29, 0.717) is 16.9 Å². The fourth-order valence-corrected chi connectivity index (χ4v) is 4.85. The molecular formula is C30H31N3O3. The maximum atomic E-state index is 13.0. The van der Waals surface area contributed by atoms with Gasteiger partial charge in [0.05, 0.1) is 22.8 Å². The normalized spacial score (nSPS) is 12.2. The molecule has 2 amide bonds. The summed E-state index contributed by atoms with van der Waals surface area (Å²) in [5.74, 6) is -0.245. The summed E-state index contributed by atoms with van der Waals surface area (Å²) < 4.78 is 6.05. The standard InChI is InChI=1S/C30H31N3O3/c1-4-30(5-2,36-3)28(23-11-7-6-8-12-23)33(21-34)25-18-16-24(17-19-25)29(35)32-26-15-9-13-22-14-10-20-31-27(22)26/h6-21,28H,4-5H2,1-3H3,(H,32,35). The Bertz CT molecular complexity index is 1300. The summed E-state index contributed by atoms with van der Waals surface area (Å²) in [5, 5.41) is 3.91. The molecule has 6 heteroatoms. The Morgan fingerprint density at radius 2 is 1.67 bits per heavy atom. The largest absolute Gasteiger partial charge is 0.376 e. The van der Waals surface area contributed by atoms with Gasteiger partial charge in [-0.15, -0.1) is 0 Å². The molecule has 1 heterocycles. The number of hydrogen-bond acceptors (Lipinski definition) is 4. The second-order valence-corrected chi connectivity index (χ2v) is 8.68. The molecule has 1 aromatic heterocycles. The summed E-state index contributed by atoms with van der Waals surface area (Å²) in [4.78, 5) is 31.6. The Balaban J connectivity index is 1.64. The molecule has 0 radical (unpaired) electrons. The van der Waals surface area contributed by atoms with Crippen LogP contribution in [0.5, 0.6) is 0 Å². The van der Waals surface area contributed by atoms with Gasteiger partial charge in [0.1, 0.15) is 0 Å². The van der Waals surface area contributed by atoms with E-state index in [1.807, 2.05) is 60.7 Å². The number of nitrogens with zero attached hydrogens (tertiary/aromatic N) is 2. The molecule has 0 aliphatic rings. The first kappa shape index (κ1) is 25.1. The van der Waals surface area contributed by atoms with E-state index in [-0.39, 0.29) is 11.9 Å². The molecule has 0 saturated carbocycles. The summed E-state index contributed by atoms with van der Waals surface area (Å²) in [5.41, 5.74) is 2.97. The minimum Gasteiger partial charge on any atom is -0.376 e. The lowest BCUT2D eigenvalue weighted by atomic mass is 9.82. The van der Waals surface area contributed by atoms with Crippen LogP contribution in [-0.4, -0.2) is 30.0 Å². The zero-order valence-corrected chi connectivity index (χ0v) is 20.8. The number of hydrogen-bond donors (Lipinski definition) is 1. The Kier molecular flexibility index (Phi) is 7.76. The van der Waals surface area contributed by atoms with Gasteiger partial charge in [-0.3, -0.25) is 14.6 Å². The molecule has 6 nitrogen and oxygen atoms in total. The molecule has 0 spiro atoms. The van der Waals surface area contributed by atoms with Gasteiger partial charge in [0.15, 0.2) is 0 Å². The minimum atomic E-state index is -0.570. The fourth-order valence-electron chi connectivity index (χ4n) is 4.85. The summed E-state index contributed by atoms with van der Waals surface area (Å²) in [7, 11) is 1.70. The van der Waals surface area contributed by atoms with Gasteiger partial charge >= 0.3 is 0 Å². The third-order valence-corrected chi connectivity index (χ3v) is 6.92. The van der Waals surface area contributed by atoms with Crippen LogP contribution in [0.25, 0.3) is 10.9 Å². The van der Waals surface area contributed by atoms with Crippen LogP contribution in [0.15, 0.2) is 91.1 Å². The second-order valence-electron chi connectivity index (χ2n) is 8.68. The van der Waals surface area contributed by atoms with Gasteiger partial charge < -0.3 is 15.0 Å². The van der Waals surface area contributed by atoms with E-state index in [2.05, 4.69) is 24.1 Å². The van der Waals surface area contributed by atoms with Crippen molar-refractivity contribution >= 4 is 34.6 Å². The molecule has 4 rings (SSSR count). The van der Waals surface area contributed by atoms with Gasteiger partial charge in [0.2, 0.25) is 6.41 Å². The zero-order valence-electron chi connectivity index (χ0n) is 20.8. The monoisotopic (exact) mass is 481 g/mol. The van der Waals surface area contributed by atoms with Gasteiger partial charge in [0.25, 0.3) is 5.91 Å². The van der Waals surface area contributed by atoms with E-state index < -0.39 is 5.60 Å². The van der Waals surface area contributed by atoms with Crippen LogP contribution in [0.1, 0.15) is 48.7 Å². The first-order chi connectivity index (χ1) is 17.6. The number of carbonyl (C=O) groups excluding carboxylic acids is 2. The number of amides is 2. The van der Waals surface area contributed by atoms with E-state index in [4.69, 9.17) is 4.74 Å². The number of ether oxygens (including phenoxy) is 1. The van der Waals surface area contributed by atoms with Gasteiger partial charge in [-0.25, -0.2) is 0 Å². The van der Waals surface area contributed by atoms with Gasteiger partial charge in [-0.05, 0) is 54.8 Å². The quantitative estimate of drug-likeness (QED) is 0.266. The number of benzene rings is 3. The number of methoxy groups -OCH3 is 1. The van der Waals surface area contributed by atoms with Gasteiger partial charge in [-0.2, -0.15) is 0 Å². The van der Waals surface area contributed by atoms with E-state index >= 15 is 0 Å². The van der Waals surface area contributed by atoms with Crippen molar-refractivity contribution in [3.05, 3.63) is 102 Å². The molecule has 0 fully saturated rings. The molecule has 1 N–H and O–H groups in total. The highest BCUT2D eigenvalue weighted by Crippen LogP contribution is 2.41. The number of nitrogens with one attached hydrogen (secondary N) is 1. The number of anilines is 2. The summed E-state index contributed by atoms with van der Waals surface area (Å²) >= 11 is 0. The highest BCUT2D eigenvalue weighted by molar-refractivity contribution is 6.08. The summed E-state index contributed by atoms with van der Waals surface area (Å²) in [6.07, 6.45) is 4.00. The van der Waals surface area contributed by atoms with Crippen molar-refractivity contribution in [3.63, 3.8) is 0 Å². The molecule has 36 heavy (non-hydrogen) atoms. The number of para-hydroxylation sites is 1. The molecule has 184 valence electrons. The average Bonchev–Trinajstić information content (AvgIpc) is 2.94. The van der Waals surface area contributed by atoms with Crippen LogP contribution < -0.4 is 10.2 Å². The van der Waals surface area contributed by atoms with Gasteiger partial charge in [0, 0.05) is 29.9 Å². The number of rotatable bonds is 10. The van der Waals surface area contributed by atoms with Gasteiger partial charge in [-0.1, -0.05) is 62.4 Å². The summed E-state index contributed by atoms with van der Waals surface area (Å²) in [6.45, 7) is 4.14. The lowest BCUT2D eigenvalue weighted by Gasteiger charge is -2.43. The van der Waals surface area contributed by atoms with Crippen LogP contribution in [0.4, 0.5) is 11.4 Å². The van der Waals surface area contributed by atoms with Crippen LogP contribution in [0, 0.1) is 0 Å². The van der Waals surface area contributed by atoms with E-state index in [0.717, 1.165) is 35.7 Å². The third kappa shape index (κ3) is 4.86. The average molecular weight is 482 g/mol. The molecule has 0 aliphatic heterocycles. The Labute approximate surface area is 211 Å². The van der Waals surface area contributed by atoms with Crippen molar-refractivity contribution in [3.8, 4) is 0 Å². The van der Waals surface area contributed by atoms with E-state index in [9.17, 15) is 9.59 Å². The Morgan fingerprint density at radius 3 is 2.31 bits per heavy atom. The van der Waals surface area contributed by atoms with Crippen molar-refractivity contribution in [2.24, 2.45) is 0 Å². The smallest absolute Gasteiger partial charge is 0.255 e. The highest BCUT2D eigenvalue weighted by Gasteiger charge is 2.41. The SMILES string of the molecule is CCC(CC)(OC)C(c1ccccc1)N(C=O)c1ccc(C(=O)Nc2cccc3cccnc23)cc1. The first-order valence-corrected chi connectivity index (χ1v) is 12.2. The molecule has 0 saturated heterocycles. The molecular weight excluding hydrogens is 450 g/mol. The number of aromatic nitrogens is 1. The summed E-state index contributed by atoms with van der Waals surface area (Å²) in [6, 6.07) is 26.1. The molecule has 4 aromatic rings. The number of carbonyl (C=O) groups is 2. The van der Waals surface area contributed by atoms with E-state index in [1.54, 1.807) is 42.5 Å². The maximum Gasteiger partial charge on any atom is 0.255 e. The van der Waals surface area contributed by atoms with E-state index in [1.165, 1.54) is 0 Å².